The van der Waals surface area contributed by atoms with Crippen molar-refractivity contribution < 1.29 is 18.4 Å². The van der Waals surface area contributed by atoms with Crippen molar-refractivity contribution in [3.05, 3.63) is 98.0 Å². The minimum atomic E-state index is -1.76. The molecule has 1 aliphatic rings. The number of nitrogens with one attached hydrogen (secondary N) is 2. The maximum Gasteiger partial charge on any atom is 0.250 e. The Balaban J connectivity index is 1.93. The number of carbonyl (C=O) groups is 2. The minimum Gasteiger partial charge on any atom is -0.366 e. The summed E-state index contributed by atoms with van der Waals surface area (Å²) in [7, 11) is 0. The molecule has 0 aromatic heterocycles. The van der Waals surface area contributed by atoms with E-state index in [1.807, 2.05) is 20.8 Å². The Morgan fingerprint density at radius 1 is 1.07 bits per heavy atom. The largest absolute Gasteiger partial charge is 0.366 e. The fraction of sp³-hybridized carbons (Fsp3) is 0.300. The molecule has 214 valence electrons. The van der Waals surface area contributed by atoms with Crippen LogP contribution < -0.4 is 16.4 Å². The van der Waals surface area contributed by atoms with Gasteiger partial charge in [0.2, 0.25) is 11.8 Å². The third-order valence-electron chi connectivity index (χ3n) is 7.23. The first kappa shape index (κ1) is 30.7. The molecule has 0 bridgehead atoms. The van der Waals surface area contributed by atoms with E-state index < -0.39 is 46.9 Å². The lowest BCUT2D eigenvalue weighted by Crippen LogP contribution is -2.45. The number of amides is 2. The van der Waals surface area contributed by atoms with Gasteiger partial charge in [-0.15, -0.1) is 0 Å². The summed E-state index contributed by atoms with van der Waals surface area (Å²) in [6, 6.07) is 12.7. The zero-order valence-electron chi connectivity index (χ0n) is 22.4. The highest BCUT2D eigenvalue weighted by molar-refractivity contribution is 6.34. The zero-order valence-corrected chi connectivity index (χ0v) is 24.6. The van der Waals surface area contributed by atoms with E-state index in [4.69, 9.17) is 40.5 Å². The van der Waals surface area contributed by atoms with Gasteiger partial charge in [-0.3, -0.25) is 9.59 Å². The summed E-state index contributed by atoms with van der Waals surface area (Å²) < 4.78 is 31.4. The lowest BCUT2D eigenvalue weighted by Gasteiger charge is -2.37. The van der Waals surface area contributed by atoms with Gasteiger partial charge in [0.15, 0.2) is 0 Å². The van der Waals surface area contributed by atoms with Crippen LogP contribution in [0.2, 0.25) is 15.1 Å². The molecule has 3 aromatic carbocycles. The Bertz CT molecular complexity index is 1570. The lowest BCUT2D eigenvalue weighted by molar-refractivity contribution is -0.118. The zero-order chi connectivity index (χ0) is 30.3. The Kier molecular flexibility index (Phi) is 8.68. The highest BCUT2D eigenvalue weighted by atomic mass is 35.5. The number of nitriles is 1. The lowest BCUT2D eigenvalue weighted by atomic mass is 9.62. The quantitative estimate of drug-likeness (QED) is 0.277. The summed E-state index contributed by atoms with van der Waals surface area (Å²) in [6.45, 7) is 5.83. The second kappa shape index (κ2) is 11.6. The number of anilines is 1. The number of nitrogens with two attached hydrogens (primary N) is 1. The van der Waals surface area contributed by atoms with Gasteiger partial charge in [-0.25, -0.2) is 8.78 Å². The number of halogens is 5. The van der Waals surface area contributed by atoms with E-state index in [1.54, 1.807) is 0 Å². The van der Waals surface area contributed by atoms with Crippen molar-refractivity contribution in [3.8, 4) is 6.07 Å². The summed E-state index contributed by atoms with van der Waals surface area (Å²) in [5.41, 5.74) is 3.42. The fourth-order valence-corrected chi connectivity index (χ4v) is 6.18. The molecule has 1 aliphatic heterocycles. The van der Waals surface area contributed by atoms with Crippen molar-refractivity contribution in [1.29, 1.82) is 5.26 Å². The van der Waals surface area contributed by atoms with Gasteiger partial charge in [0.25, 0.3) is 0 Å². The molecule has 0 radical (unpaired) electrons. The smallest absolute Gasteiger partial charge is 0.250 e. The molecule has 4 atom stereocenters. The first-order valence-electron chi connectivity index (χ1n) is 12.7. The molecule has 4 N–H and O–H groups in total. The molecule has 1 fully saturated rings. The standard InChI is InChI=1S/C30H27Cl3F2N4O2/c1-29(2,3)13-23-30(14-36,19-10-7-15(31)11-22(19)34)24(18-5-4-6-20(32)25(18)35)26(39-23)28(41)38-16-8-9-17(27(37)40)21(33)12-16/h4-12,23-24,26,39H,13H2,1-3H3,(H2,37,40)(H,38,41)/t23-,24-,26+,30-/m0/s1. The molecule has 2 amide bonds. The van der Waals surface area contributed by atoms with Gasteiger partial charge < -0.3 is 16.4 Å². The van der Waals surface area contributed by atoms with Crippen LogP contribution in [0.4, 0.5) is 14.5 Å². The number of nitrogens with zero attached hydrogens (tertiary/aromatic N) is 1. The van der Waals surface area contributed by atoms with Crippen LogP contribution in [0.15, 0.2) is 54.6 Å². The van der Waals surface area contributed by atoms with E-state index in [-0.39, 0.29) is 42.9 Å². The molecule has 0 spiro atoms. The minimum absolute atomic E-state index is 0.0207. The Hall–Kier alpha value is -3.22. The highest BCUT2D eigenvalue weighted by Crippen LogP contribution is 2.53. The Morgan fingerprint density at radius 2 is 1.78 bits per heavy atom. The van der Waals surface area contributed by atoms with Crippen LogP contribution in [-0.2, 0) is 10.2 Å². The van der Waals surface area contributed by atoms with E-state index >= 15 is 8.78 Å². The van der Waals surface area contributed by atoms with Gasteiger partial charge in [-0.05, 0) is 53.8 Å². The average Bonchev–Trinajstić information content (AvgIpc) is 3.18. The fourth-order valence-electron chi connectivity index (χ4n) is 5.57. The maximum absolute atomic E-state index is 15.7. The number of benzene rings is 3. The van der Waals surface area contributed by atoms with Crippen LogP contribution in [0, 0.1) is 28.4 Å². The molecule has 0 aliphatic carbocycles. The molecule has 41 heavy (non-hydrogen) atoms. The molecule has 11 heteroatoms. The van der Waals surface area contributed by atoms with E-state index in [0.717, 1.165) is 6.07 Å². The molecule has 4 rings (SSSR count). The number of rotatable bonds is 6. The molecule has 0 unspecified atom stereocenters. The van der Waals surface area contributed by atoms with Crippen LogP contribution in [0.25, 0.3) is 0 Å². The third kappa shape index (κ3) is 5.91. The third-order valence-corrected chi connectivity index (χ3v) is 8.07. The van der Waals surface area contributed by atoms with Crippen LogP contribution >= 0.6 is 34.8 Å². The van der Waals surface area contributed by atoms with Crippen LogP contribution in [0.3, 0.4) is 0 Å². The second-order valence-corrected chi connectivity index (χ2v) is 12.5. The van der Waals surface area contributed by atoms with Crippen molar-refractivity contribution in [2.45, 2.75) is 50.6 Å². The number of primary amides is 1. The number of hydrogen-bond donors (Lipinski definition) is 3. The summed E-state index contributed by atoms with van der Waals surface area (Å²) in [5, 5.41) is 16.8. The number of carbonyl (C=O) groups excluding carboxylic acids is 2. The summed E-state index contributed by atoms with van der Waals surface area (Å²) in [5.74, 6) is -4.19. The van der Waals surface area contributed by atoms with E-state index in [9.17, 15) is 14.9 Å². The van der Waals surface area contributed by atoms with Gasteiger partial charge in [0.1, 0.15) is 17.0 Å². The highest BCUT2D eigenvalue weighted by Gasteiger charge is 2.61. The van der Waals surface area contributed by atoms with E-state index in [1.165, 1.54) is 48.5 Å². The van der Waals surface area contributed by atoms with Crippen molar-refractivity contribution in [1.82, 2.24) is 5.32 Å². The van der Waals surface area contributed by atoms with E-state index in [2.05, 4.69) is 16.7 Å². The van der Waals surface area contributed by atoms with Crippen LogP contribution in [-0.4, -0.2) is 23.9 Å². The molecule has 1 saturated heterocycles. The Labute approximate surface area is 251 Å². The summed E-state index contributed by atoms with van der Waals surface area (Å²) >= 11 is 18.4. The molecular formula is C30H27Cl3F2N4O2. The SMILES string of the molecule is CC(C)(C)C[C@@H]1N[C@@H](C(=O)Nc2ccc(C(N)=O)c(Cl)c2)[C@H](c2cccc(Cl)c2F)[C@@]1(C#N)c1ccc(Cl)cc1F. The van der Waals surface area contributed by atoms with Gasteiger partial charge in [-0.1, -0.05) is 73.8 Å². The normalized spacial score (nSPS) is 22.3. The van der Waals surface area contributed by atoms with Crippen molar-refractivity contribution in [2.75, 3.05) is 5.32 Å². The average molecular weight is 620 g/mol. The molecule has 1 heterocycles. The monoisotopic (exact) mass is 618 g/mol. The molecule has 0 saturated carbocycles. The van der Waals surface area contributed by atoms with Crippen LogP contribution in [0.5, 0.6) is 0 Å². The molecular weight excluding hydrogens is 593 g/mol. The maximum atomic E-state index is 15.7. The van der Waals surface area contributed by atoms with Gasteiger partial charge in [0.05, 0.1) is 27.7 Å². The number of hydrogen-bond acceptors (Lipinski definition) is 4. The van der Waals surface area contributed by atoms with Gasteiger partial charge >= 0.3 is 0 Å². The van der Waals surface area contributed by atoms with Crippen molar-refractivity contribution >= 4 is 52.3 Å². The van der Waals surface area contributed by atoms with Crippen LogP contribution in [0.1, 0.15) is 54.6 Å². The summed E-state index contributed by atoms with van der Waals surface area (Å²) in [6.07, 6.45) is 0.324. The first-order chi connectivity index (χ1) is 19.2. The van der Waals surface area contributed by atoms with Gasteiger partial charge in [0, 0.05) is 28.2 Å². The van der Waals surface area contributed by atoms with Crippen molar-refractivity contribution in [2.24, 2.45) is 11.1 Å². The molecule has 3 aromatic rings. The summed E-state index contributed by atoms with van der Waals surface area (Å²) in [4.78, 5) is 25.5. The predicted molar refractivity (Wildman–Crippen MR) is 156 cm³/mol. The topological polar surface area (TPSA) is 108 Å². The predicted octanol–water partition coefficient (Wildman–Crippen LogP) is 6.98. The second-order valence-electron chi connectivity index (χ2n) is 11.2. The Morgan fingerprint density at radius 3 is 2.37 bits per heavy atom. The molecule has 6 nitrogen and oxygen atoms in total. The first-order valence-corrected chi connectivity index (χ1v) is 13.8. The van der Waals surface area contributed by atoms with E-state index in [0.29, 0.717) is 6.42 Å². The van der Waals surface area contributed by atoms with Crippen molar-refractivity contribution in [3.63, 3.8) is 0 Å². The van der Waals surface area contributed by atoms with Gasteiger partial charge in [-0.2, -0.15) is 5.26 Å².